The summed E-state index contributed by atoms with van der Waals surface area (Å²) in [5.41, 5.74) is 1.75. The van der Waals surface area contributed by atoms with E-state index in [1.807, 2.05) is 39.8 Å². The molecule has 0 radical (unpaired) electrons. The number of hydrogen-bond acceptors (Lipinski definition) is 1. The minimum atomic E-state index is 0. The largest absolute Gasteiger partial charge is 0.322 e. The third kappa shape index (κ3) is 4.45. The standard InChI is InChI=1S/C15H17NO.2C2H6.H2/c1-10-13-8-7-11(9-14(10)13)15(17)16-12-5-3-2-4-6-12;2*1-2;/h3,5-10,13-14H,2,4H2,1H3,(H,16,17);2*1-2H3;1H. The van der Waals surface area contributed by atoms with Crippen molar-refractivity contribution < 1.29 is 6.22 Å². The molecule has 1 saturated carbocycles. The Kier molecular flexibility index (Phi) is 7.21. The first-order valence-corrected chi connectivity index (χ1v) is 8.34. The van der Waals surface area contributed by atoms with E-state index in [2.05, 4.69) is 36.5 Å². The molecule has 0 bridgehead atoms. The van der Waals surface area contributed by atoms with Gasteiger partial charge in [0.15, 0.2) is 0 Å². The zero-order valence-electron chi connectivity index (χ0n) is 14.0. The number of hydrogen-bond donors (Lipinski definition) is 1. The van der Waals surface area contributed by atoms with E-state index in [9.17, 15) is 4.79 Å². The molecule has 3 aliphatic rings. The van der Waals surface area contributed by atoms with Crippen molar-refractivity contribution in [3.63, 3.8) is 0 Å². The van der Waals surface area contributed by atoms with Crippen LogP contribution in [0.15, 0.2) is 47.7 Å². The predicted octanol–water partition coefficient (Wildman–Crippen LogP) is 5.01. The topological polar surface area (TPSA) is 29.1 Å². The van der Waals surface area contributed by atoms with Gasteiger partial charge in [-0.05, 0) is 36.7 Å². The summed E-state index contributed by atoms with van der Waals surface area (Å²) in [6.45, 7) is 10.2. The highest BCUT2D eigenvalue weighted by atomic mass is 16.1. The molecule has 1 fully saturated rings. The lowest BCUT2D eigenvalue weighted by atomic mass is 10.1. The molecule has 0 heterocycles. The van der Waals surface area contributed by atoms with Crippen LogP contribution in [0.3, 0.4) is 0 Å². The second-order valence-corrected chi connectivity index (χ2v) is 5.09. The van der Waals surface area contributed by atoms with Crippen LogP contribution in [-0.2, 0) is 4.79 Å². The SMILES string of the molecule is CC.CC.CC1C2C=CC(C(=O)NC3=CCCC=C3)=CC12.[HH]. The van der Waals surface area contributed by atoms with Gasteiger partial charge in [0.25, 0.3) is 5.91 Å². The normalized spacial score (nSPS) is 27.8. The quantitative estimate of drug-likeness (QED) is 0.760. The molecule has 3 rings (SSSR count). The second kappa shape index (κ2) is 8.66. The van der Waals surface area contributed by atoms with E-state index in [0.717, 1.165) is 24.1 Å². The van der Waals surface area contributed by atoms with Crippen molar-refractivity contribution in [3.8, 4) is 0 Å². The molecule has 2 nitrogen and oxygen atoms in total. The Labute approximate surface area is 131 Å². The number of nitrogens with one attached hydrogen (secondary N) is 1. The number of carbonyl (C=O) groups is 1. The summed E-state index contributed by atoms with van der Waals surface area (Å²) in [5.74, 6) is 2.01. The third-order valence-corrected chi connectivity index (χ3v) is 3.90. The highest BCUT2D eigenvalue weighted by Gasteiger charge is 2.45. The first-order chi connectivity index (χ1) is 10.3. The van der Waals surface area contributed by atoms with E-state index >= 15 is 0 Å². The lowest BCUT2D eigenvalue weighted by molar-refractivity contribution is -0.116. The van der Waals surface area contributed by atoms with E-state index in [4.69, 9.17) is 0 Å². The van der Waals surface area contributed by atoms with Crippen molar-refractivity contribution in [2.45, 2.75) is 47.5 Å². The number of fused-ring (bicyclic) bond motifs is 1. The highest BCUT2D eigenvalue weighted by Crippen LogP contribution is 2.50. The average molecular weight is 289 g/mol. The molecule has 0 aromatic carbocycles. The summed E-state index contributed by atoms with van der Waals surface area (Å²) < 4.78 is 0. The van der Waals surface area contributed by atoms with Crippen LogP contribution in [0.2, 0.25) is 0 Å². The summed E-state index contributed by atoms with van der Waals surface area (Å²) >= 11 is 0. The Balaban J connectivity index is 0.000000819. The molecule has 2 heteroatoms. The lowest BCUT2D eigenvalue weighted by Gasteiger charge is -2.10. The van der Waals surface area contributed by atoms with E-state index in [1.165, 1.54) is 0 Å². The molecule has 3 atom stereocenters. The Bertz CT molecular complexity index is 474. The van der Waals surface area contributed by atoms with Crippen molar-refractivity contribution in [2.75, 3.05) is 0 Å². The van der Waals surface area contributed by atoms with Crippen LogP contribution in [0.5, 0.6) is 0 Å². The molecule has 1 amide bonds. The van der Waals surface area contributed by atoms with Crippen molar-refractivity contribution in [2.24, 2.45) is 17.8 Å². The van der Waals surface area contributed by atoms with Crippen molar-refractivity contribution >= 4 is 5.91 Å². The van der Waals surface area contributed by atoms with Gasteiger partial charge < -0.3 is 5.32 Å². The third-order valence-electron chi connectivity index (χ3n) is 3.90. The maximum Gasteiger partial charge on any atom is 0.255 e. The van der Waals surface area contributed by atoms with E-state index in [-0.39, 0.29) is 7.33 Å². The monoisotopic (exact) mass is 289 g/mol. The van der Waals surface area contributed by atoms with Crippen LogP contribution in [0.1, 0.15) is 48.9 Å². The van der Waals surface area contributed by atoms with E-state index in [1.54, 1.807) is 0 Å². The second-order valence-electron chi connectivity index (χ2n) is 5.09. The molecule has 0 aliphatic heterocycles. The number of carbonyl (C=O) groups excluding carboxylic acids is 1. The van der Waals surface area contributed by atoms with E-state index in [0.29, 0.717) is 17.8 Å². The van der Waals surface area contributed by atoms with Gasteiger partial charge in [0.05, 0.1) is 0 Å². The molecular formula is C19H31NO. The fourth-order valence-electron chi connectivity index (χ4n) is 2.63. The van der Waals surface area contributed by atoms with Gasteiger partial charge in [0, 0.05) is 12.7 Å². The molecule has 118 valence electrons. The van der Waals surface area contributed by atoms with Crippen molar-refractivity contribution in [3.05, 3.63) is 47.7 Å². The van der Waals surface area contributed by atoms with Crippen LogP contribution in [-0.4, -0.2) is 5.91 Å². The number of amides is 1. The predicted molar refractivity (Wildman–Crippen MR) is 92.8 cm³/mol. The Morgan fingerprint density at radius 1 is 1.14 bits per heavy atom. The Hall–Kier alpha value is -1.57. The zero-order chi connectivity index (χ0) is 15.8. The lowest BCUT2D eigenvalue weighted by Crippen LogP contribution is -2.24. The first-order valence-electron chi connectivity index (χ1n) is 8.34. The molecule has 0 aromatic heterocycles. The first kappa shape index (κ1) is 17.5. The van der Waals surface area contributed by atoms with Gasteiger partial charge in [-0.3, -0.25) is 4.79 Å². The molecule has 3 unspecified atom stereocenters. The minimum Gasteiger partial charge on any atom is -0.322 e. The number of rotatable bonds is 2. The van der Waals surface area contributed by atoms with Crippen LogP contribution in [0.25, 0.3) is 0 Å². The van der Waals surface area contributed by atoms with Crippen LogP contribution < -0.4 is 5.32 Å². The van der Waals surface area contributed by atoms with Crippen molar-refractivity contribution in [1.82, 2.24) is 5.32 Å². The van der Waals surface area contributed by atoms with Gasteiger partial charge in [0.2, 0.25) is 0 Å². The molecule has 0 aromatic rings. The Morgan fingerprint density at radius 2 is 1.86 bits per heavy atom. The molecule has 3 aliphatic carbocycles. The van der Waals surface area contributed by atoms with Gasteiger partial charge in [-0.15, -0.1) is 0 Å². The summed E-state index contributed by atoms with van der Waals surface area (Å²) in [4.78, 5) is 12.0. The van der Waals surface area contributed by atoms with Gasteiger partial charge in [-0.25, -0.2) is 0 Å². The Morgan fingerprint density at radius 3 is 2.43 bits per heavy atom. The van der Waals surface area contributed by atoms with Crippen LogP contribution >= 0.6 is 0 Å². The minimum absolute atomic E-state index is 0. The molecular weight excluding hydrogens is 258 g/mol. The molecule has 0 spiro atoms. The highest BCUT2D eigenvalue weighted by molar-refractivity contribution is 5.97. The fourth-order valence-corrected chi connectivity index (χ4v) is 2.63. The smallest absolute Gasteiger partial charge is 0.255 e. The fraction of sp³-hybridized carbons (Fsp3) is 0.526. The molecule has 0 saturated heterocycles. The summed E-state index contributed by atoms with van der Waals surface area (Å²) in [6, 6.07) is 0. The van der Waals surface area contributed by atoms with Crippen molar-refractivity contribution in [1.29, 1.82) is 0 Å². The van der Waals surface area contributed by atoms with E-state index < -0.39 is 0 Å². The zero-order valence-corrected chi connectivity index (χ0v) is 14.0. The average Bonchev–Trinajstić information content (AvgIpc) is 3.22. The van der Waals surface area contributed by atoms with Gasteiger partial charge in [-0.2, -0.15) is 0 Å². The summed E-state index contributed by atoms with van der Waals surface area (Å²) in [7, 11) is 0. The molecule has 1 N–H and O–H groups in total. The van der Waals surface area contributed by atoms with Gasteiger partial charge in [-0.1, -0.05) is 65.0 Å². The maximum atomic E-state index is 12.0. The summed E-state index contributed by atoms with van der Waals surface area (Å²) in [5, 5.41) is 2.96. The van der Waals surface area contributed by atoms with Crippen LogP contribution in [0, 0.1) is 17.8 Å². The van der Waals surface area contributed by atoms with Gasteiger partial charge in [0.1, 0.15) is 0 Å². The van der Waals surface area contributed by atoms with Gasteiger partial charge >= 0.3 is 0 Å². The maximum absolute atomic E-state index is 12.0. The van der Waals surface area contributed by atoms with Crippen LogP contribution in [0.4, 0.5) is 0 Å². The molecule has 21 heavy (non-hydrogen) atoms. The number of allylic oxidation sites excluding steroid dienone is 5. The summed E-state index contributed by atoms with van der Waals surface area (Å²) in [6.07, 6.45) is 14.5.